The molecule has 13 atom stereocenters. The maximum atomic E-state index is 16.9. The summed E-state index contributed by atoms with van der Waals surface area (Å²) < 4.78 is 49.5. The van der Waals surface area contributed by atoms with Crippen LogP contribution in [0, 0.1) is 11.8 Å². The number of rotatable bonds is 11. The molecule has 0 aliphatic carbocycles. The molecule has 3 aliphatic heterocycles. The number of Topliss-reactive ketones (excluding diaryl/α,β-unsaturated/α-hetero) is 1. The van der Waals surface area contributed by atoms with Crippen LogP contribution in [-0.2, 0) is 39.8 Å². The van der Waals surface area contributed by atoms with Crippen LogP contribution in [0.2, 0.25) is 0 Å². The van der Waals surface area contributed by atoms with Crippen molar-refractivity contribution in [2.24, 2.45) is 11.8 Å². The normalized spacial score (nSPS) is 37.7. The summed E-state index contributed by atoms with van der Waals surface area (Å²) in [6.07, 6.45) is 0.450. The number of ether oxygens (including phenoxy) is 5. The Balaban J connectivity index is 1.41. The molecule has 0 bridgehead atoms. The average molecular weight is 832 g/mol. The van der Waals surface area contributed by atoms with Crippen LogP contribution >= 0.6 is 0 Å². The number of carbonyl (C=O) groups is 3. The second-order valence-electron chi connectivity index (χ2n) is 17.6. The number of carbonyl (C=O) groups excluding carboxylic acids is 3. The molecule has 59 heavy (non-hydrogen) atoms. The number of fused-ring (bicyclic) bond motifs is 1. The highest BCUT2D eigenvalue weighted by Crippen LogP contribution is 2.41. The molecule has 2 aromatic rings. The maximum absolute atomic E-state index is 16.9. The van der Waals surface area contributed by atoms with E-state index in [1.54, 1.807) is 36.5 Å². The van der Waals surface area contributed by atoms with Gasteiger partial charge in [-0.15, -0.1) is 5.10 Å². The number of esters is 1. The predicted molar refractivity (Wildman–Crippen MR) is 216 cm³/mol. The van der Waals surface area contributed by atoms with Gasteiger partial charge in [-0.3, -0.25) is 19.4 Å². The first-order chi connectivity index (χ1) is 27.8. The van der Waals surface area contributed by atoms with Crippen molar-refractivity contribution in [2.45, 2.75) is 160 Å². The lowest BCUT2D eigenvalue weighted by Gasteiger charge is -2.47. The molecule has 5 rings (SSSR count). The molecule has 0 radical (unpaired) electrons. The standard InChI is InChI=1S/C42H66FN7O9/c1-12-32-42(8)34(50(39(54)59-42)20-16-15-19-49-24-30(46-47-49)29-17-13-14-18-44-29)28(5)45-23-25(2)22-40(6,55-11)36(27(4)35(52)41(7,43)38(53)57-32)58-37-33(51)31(48(9)10)21-26(3)56-37/h13-14,17-18,24-28,31-34,36-37,45,51H,12,15-16,19-23H2,1-11H3/t25-,26?,27+,28-,31?,32-,33?,34-,36-,37+,40-,41?,42-/m1/s1. The molecule has 2 N–H and O–H groups in total. The number of aliphatic hydroxyl groups excluding tert-OH is 1. The number of aliphatic hydroxyl groups is 1. The van der Waals surface area contributed by atoms with Gasteiger partial charge in [0.05, 0.1) is 35.7 Å². The molecular weight excluding hydrogens is 765 g/mol. The highest BCUT2D eigenvalue weighted by molar-refractivity contribution is 6.07. The number of likely N-dealkylation sites (N-methyl/N-ethyl adjacent to an activating group) is 1. The van der Waals surface area contributed by atoms with Crippen LogP contribution in [0.15, 0.2) is 30.6 Å². The summed E-state index contributed by atoms with van der Waals surface area (Å²) in [6, 6.07) is 4.24. The van der Waals surface area contributed by atoms with E-state index in [-0.39, 0.29) is 24.5 Å². The highest BCUT2D eigenvalue weighted by Gasteiger charge is 2.60. The Labute approximate surface area is 347 Å². The molecule has 3 fully saturated rings. The van der Waals surface area contributed by atoms with Gasteiger partial charge in [-0.05, 0) is 105 Å². The van der Waals surface area contributed by atoms with Crippen molar-refractivity contribution in [3.63, 3.8) is 0 Å². The van der Waals surface area contributed by atoms with Crippen molar-refractivity contribution in [2.75, 3.05) is 34.3 Å². The number of aryl methyl sites for hydroxylation is 1. The largest absolute Gasteiger partial charge is 0.455 e. The Hall–Kier alpha value is -3.61. The summed E-state index contributed by atoms with van der Waals surface area (Å²) in [5, 5.41) is 23.5. The van der Waals surface area contributed by atoms with Gasteiger partial charge < -0.3 is 39.0 Å². The number of ketones is 1. The van der Waals surface area contributed by atoms with Crippen LogP contribution in [0.1, 0.15) is 87.5 Å². The third-order valence-electron chi connectivity index (χ3n) is 12.6. The van der Waals surface area contributed by atoms with Gasteiger partial charge in [0.25, 0.3) is 5.67 Å². The summed E-state index contributed by atoms with van der Waals surface area (Å²) in [6.45, 7) is 14.8. The second-order valence-corrected chi connectivity index (χ2v) is 17.6. The number of unbranched alkanes of at least 4 members (excludes halogenated alkanes) is 1. The number of amides is 1. The summed E-state index contributed by atoms with van der Waals surface area (Å²) in [5.41, 5.74) is -4.38. The molecule has 17 heteroatoms. The Morgan fingerprint density at radius 3 is 2.42 bits per heavy atom. The van der Waals surface area contributed by atoms with Crippen molar-refractivity contribution < 1.29 is 47.6 Å². The molecule has 4 unspecified atom stereocenters. The van der Waals surface area contributed by atoms with E-state index in [0.717, 1.165) is 12.6 Å². The van der Waals surface area contributed by atoms with Gasteiger partial charge in [0.15, 0.2) is 17.7 Å². The minimum Gasteiger partial charge on any atom is -0.455 e. The van der Waals surface area contributed by atoms with Crippen molar-refractivity contribution in [3.8, 4) is 11.4 Å². The van der Waals surface area contributed by atoms with Crippen LogP contribution < -0.4 is 5.32 Å². The number of halogens is 1. The molecule has 16 nitrogen and oxygen atoms in total. The Kier molecular flexibility index (Phi) is 14.9. The lowest BCUT2D eigenvalue weighted by Crippen LogP contribution is -2.61. The number of alkyl halides is 1. The predicted octanol–water partition coefficient (Wildman–Crippen LogP) is 4.19. The molecule has 0 spiro atoms. The van der Waals surface area contributed by atoms with Crippen LogP contribution in [-0.4, -0.2) is 153 Å². The zero-order chi connectivity index (χ0) is 43.4. The Morgan fingerprint density at radius 2 is 1.78 bits per heavy atom. The van der Waals surface area contributed by atoms with Gasteiger partial charge in [-0.1, -0.05) is 32.1 Å². The average Bonchev–Trinajstić information content (AvgIpc) is 3.78. The summed E-state index contributed by atoms with van der Waals surface area (Å²) in [5.74, 6) is -3.85. The molecule has 5 heterocycles. The maximum Gasteiger partial charge on any atom is 0.410 e. The number of cyclic esters (lactones) is 1. The molecule has 1 amide bonds. The van der Waals surface area contributed by atoms with E-state index < -0.39 is 77.3 Å². The van der Waals surface area contributed by atoms with E-state index >= 15 is 4.39 Å². The van der Waals surface area contributed by atoms with Gasteiger partial charge in [-0.2, -0.15) is 0 Å². The van der Waals surface area contributed by atoms with Gasteiger partial charge in [-0.25, -0.2) is 14.0 Å². The van der Waals surface area contributed by atoms with E-state index in [4.69, 9.17) is 23.7 Å². The SMILES string of the molecule is CC[C@H]1OC(=O)C(C)(F)C(=O)[C@H](C)[C@@H](O[C@@H]2OC(C)CC(N(C)C)C2O)[C@](C)(OC)C[C@@H](C)CN[C@H](C)[C@H]2N(CCCCn3cc(-c4ccccn4)nn3)C(=O)O[C@]12C. The number of hydrogen-bond acceptors (Lipinski definition) is 14. The van der Waals surface area contributed by atoms with E-state index in [1.165, 1.54) is 14.0 Å². The fraction of sp³-hybridized carbons (Fsp3) is 0.762. The number of nitrogens with one attached hydrogen (secondary N) is 1. The second kappa shape index (κ2) is 19.0. The number of hydrogen-bond donors (Lipinski definition) is 2. The first-order valence-electron chi connectivity index (χ1n) is 21.0. The van der Waals surface area contributed by atoms with Crippen molar-refractivity contribution in [1.29, 1.82) is 0 Å². The van der Waals surface area contributed by atoms with Crippen molar-refractivity contribution >= 4 is 17.8 Å². The van der Waals surface area contributed by atoms with Crippen molar-refractivity contribution in [3.05, 3.63) is 30.6 Å². The van der Waals surface area contributed by atoms with E-state index in [9.17, 15) is 19.5 Å². The van der Waals surface area contributed by atoms with Crippen LogP contribution in [0.3, 0.4) is 0 Å². The van der Waals surface area contributed by atoms with Crippen LogP contribution in [0.5, 0.6) is 0 Å². The van der Waals surface area contributed by atoms with E-state index in [2.05, 4.69) is 20.6 Å². The smallest absolute Gasteiger partial charge is 0.410 e. The fourth-order valence-electron chi connectivity index (χ4n) is 9.26. The first-order valence-corrected chi connectivity index (χ1v) is 21.0. The number of nitrogens with zero attached hydrogens (tertiary/aromatic N) is 6. The third kappa shape index (κ3) is 9.97. The number of pyridine rings is 1. The zero-order valence-electron chi connectivity index (χ0n) is 36.6. The van der Waals surface area contributed by atoms with Crippen molar-refractivity contribution in [1.82, 2.24) is 35.1 Å². The monoisotopic (exact) mass is 831 g/mol. The molecule has 0 saturated carbocycles. The van der Waals surface area contributed by atoms with Crippen LogP contribution in [0.25, 0.3) is 11.4 Å². The first kappa shape index (κ1) is 46.5. The molecule has 3 saturated heterocycles. The molecule has 3 aliphatic rings. The lowest BCUT2D eigenvalue weighted by molar-refractivity contribution is -0.295. The quantitative estimate of drug-likeness (QED) is 0.187. The molecular formula is C42H66FN7O9. The van der Waals surface area contributed by atoms with E-state index in [0.29, 0.717) is 51.0 Å². The fourth-order valence-corrected chi connectivity index (χ4v) is 9.26. The minimum atomic E-state index is -3.13. The molecule has 0 aromatic carbocycles. The topological polar surface area (TPSA) is 180 Å². The minimum absolute atomic E-state index is 0.112. The lowest BCUT2D eigenvalue weighted by atomic mass is 9.78. The zero-order valence-corrected chi connectivity index (χ0v) is 36.6. The van der Waals surface area contributed by atoms with E-state index in [1.807, 2.05) is 64.2 Å². The van der Waals surface area contributed by atoms with Crippen LogP contribution in [0.4, 0.5) is 9.18 Å². The molecule has 2 aromatic heterocycles. The summed E-state index contributed by atoms with van der Waals surface area (Å²) in [7, 11) is 5.20. The van der Waals surface area contributed by atoms with Gasteiger partial charge in [0.2, 0.25) is 0 Å². The van der Waals surface area contributed by atoms with Gasteiger partial charge >= 0.3 is 12.1 Å². The number of aromatic nitrogens is 4. The van der Waals surface area contributed by atoms with Gasteiger partial charge in [0, 0.05) is 44.4 Å². The highest BCUT2D eigenvalue weighted by atomic mass is 19.1. The van der Waals surface area contributed by atoms with Gasteiger partial charge in [0.1, 0.15) is 17.9 Å². The third-order valence-corrected chi connectivity index (χ3v) is 12.6. The summed E-state index contributed by atoms with van der Waals surface area (Å²) in [4.78, 5) is 49.9. The summed E-state index contributed by atoms with van der Waals surface area (Å²) >= 11 is 0. The number of methoxy groups -OCH3 is 1. The Morgan fingerprint density at radius 1 is 1.07 bits per heavy atom. The molecule has 330 valence electrons. The Bertz CT molecular complexity index is 1730.